The third kappa shape index (κ3) is 4.48. The second-order valence-corrected chi connectivity index (χ2v) is 7.08. The molecule has 0 radical (unpaired) electrons. The van der Waals surface area contributed by atoms with Gasteiger partial charge in [0.15, 0.2) is 0 Å². The van der Waals surface area contributed by atoms with Crippen molar-refractivity contribution in [2.75, 3.05) is 44.2 Å². The molecule has 3 heteroatoms. The van der Waals surface area contributed by atoms with E-state index in [0.717, 1.165) is 0 Å². The quantitative estimate of drug-likeness (QED) is 0.790. The predicted molar refractivity (Wildman–Crippen MR) is 99.0 cm³/mol. The summed E-state index contributed by atoms with van der Waals surface area (Å²) in [6.07, 6.45) is 8.93. The Bertz CT molecular complexity index is 433. The molecule has 23 heavy (non-hydrogen) atoms. The number of unbranched alkanes of at least 4 members (excludes halogenated alkanes) is 1. The number of likely N-dealkylation sites (tertiary alicyclic amines) is 1. The van der Waals surface area contributed by atoms with Crippen LogP contribution in [-0.4, -0.2) is 55.2 Å². The van der Waals surface area contributed by atoms with Gasteiger partial charge in [-0.15, -0.1) is 0 Å². The van der Waals surface area contributed by atoms with Crippen molar-refractivity contribution >= 4 is 5.69 Å². The minimum absolute atomic E-state index is 0.688. The minimum Gasteiger partial charge on any atom is -0.369 e. The largest absolute Gasteiger partial charge is 0.369 e. The molecule has 1 unspecified atom stereocenters. The van der Waals surface area contributed by atoms with Gasteiger partial charge in [-0.25, -0.2) is 0 Å². The minimum atomic E-state index is 0.688. The molecule has 3 rings (SSSR count). The Morgan fingerprint density at radius 3 is 2.13 bits per heavy atom. The molecule has 2 saturated heterocycles. The number of anilines is 1. The molecule has 2 heterocycles. The van der Waals surface area contributed by atoms with Gasteiger partial charge in [0, 0.05) is 31.9 Å². The summed E-state index contributed by atoms with van der Waals surface area (Å²) in [5, 5.41) is 0. The van der Waals surface area contributed by atoms with Crippen LogP contribution in [0, 0.1) is 0 Å². The first kappa shape index (κ1) is 16.8. The van der Waals surface area contributed by atoms with Gasteiger partial charge in [-0.3, -0.25) is 9.80 Å². The van der Waals surface area contributed by atoms with E-state index in [9.17, 15) is 0 Å². The Labute approximate surface area is 142 Å². The van der Waals surface area contributed by atoms with Crippen LogP contribution in [0.4, 0.5) is 5.69 Å². The first-order chi connectivity index (χ1) is 11.4. The number of benzene rings is 1. The number of para-hydroxylation sites is 1. The highest BCUT2D eigenvalue weighted by atomic mass is 15.4. The maximum Gasteiger partial charge on any atom is 0.0623 e. The van der Waals surface area contributed by atoms with Gasteiger partial charge in [0.2, 0.25) is 0 Å². The molecule has 0 spiro atoms. The van der Waals surface area contributed by atoms with Gasteiger partial charge >= 0.3 is 0 Å². The lowest BCUT2D eigenvalue weighted by atomic mass is 10.1. The topological polar surface area (TPSA) is 9.72 Å². The third-order valence-corrected chi connectivity index (χ3v) is 5.49. The van der Waals surface area contributed by atoms with Gasteiger partial charge in [0.05, 0.1) is 6.17 Å². The number of rotatable bonds is 6. The van der Waals surface area contributed by atoms with Crippen molar-refractivity contribution in [3.05, 3.63) is 30.3 Å². The Morgan fingerprint density at radius 2 is 1.48 bits per heavy atom. The summed E-state index contributed by atoms with van der Waals surface area (Å²) in [5.74, 6) is 0. The van der Waals surface area contributed by atoms with E-state index in [4.69, 9.17) is 0 Å². The van der Waals surface area contributed by atoms with Gasteiger partial charge in [-0.2, -0.15) is 0 Å². The van der Waals surface area contributed by atoms with Crippen LogP contribution in [0.5, 0.6) is 0 Å². The fourth-order valence-electron chi connectivity index (χ4n) is 4.12. The van der Waals surface area contributed by atoms with Crippen LogP contribution in [0.15, 0.2) is 30.3 Å². The van der Waals surface area contributed by atoms with E-state index in [1.807, 2.05) is 0 Å². The molecule has 1 aromatic carbocycles. The average Bonchev–Trinajstić information content (AvgIpc) is 2.64. The van der Waals surface area contributed by atoms with Crippen LogP contribution in [0.25, 0.3) is 0 Å². The van der Waals surface area contributed by atoms with Gasteiger partial charge in [0.1, 0.15) is 0 Å². The molecule has 2 fully saturated rings. The second kappa shape index (κ2) is 8.70. The fraction of sp³-hybridized carbons (Fsp3) is 0.700. The molecule has 128 valence electrons. The molecule has 0 amide bonds. The highest BCUT2D eigenvalue weighted by Crippen LogP contribution is 2.22. The molecular formula is C20H33N3. The molecule has 0 aromatic heterocycles. The number of piperazine rings is 1. The van der Waals surface area contributed by atoms with Crippen molar-refractivity contribution in [3.8, 4) is 0 Å². The van der Waals surface area contributed by atoms with E-state index >= 15 is 0 Å². The summed E-state index contributed by atoms with van der Waals surface area (Å²) in [6, 6.07) is 10.9. The highest BCUT2D eigenvalue weighted by molar-refractivity contribution is 5.46. The monoisotopic (exact) mass is 315 g/mol. The summed E-state index contributed by atoms with van der Waals surface area (Å²) >= 11 is 0. The summed E-state index contributed by atoms with van der Waals surface area (Å²) in [6.45, 7) is 9.70. The number of hydrogen-bond donors (Lipinski definition) is 0. The number of hydrogen-bond acceptors (Lipinski definition) is 3. The standard InChI is InChI=1S/C20H33N3/c1-2-3-12-20(22-13-8-5-9-14-22)23-17-15-21(16-18-23)19-10-6-4-7-11-19/h4,6-7,10-11,20H,2-3,5,8-9,12-18H2,1H3. The van der Waals surface area contributed by atoms with Crippen LogP contribution in [0.2, 0.25) is 0 Å². The van der Waals surface area contributed by atoms with Crippen molar-refractivity contribution in [1.82, 2.24) is 9.80 Å². The first-order valence-electron chi connectivity index (χ1n) is 9.66. The van der Waals surface area contributed by atoms with E-state index in [2.05, 4.69) is 52.0 Å². The zero-order chi connectivity index (χ0) is 15.9. The normalized spacial score (nSPS) is 22.2. The molecule has 0 aliphatic carbocycles. The van der Waals surface area contributed by atoms with E-state index < -0.39 is 0 Å². The maximum absolute atomic E-state index is 2.78. The highest BCUT2D eigenvalue weighted by Gasteiger charge is 2.28. The van der Waals surface area contributed by atoms with Gasteiger partial charge < -0.3 is 4.90 Å². The van der Waals surface area contributed by atoms with Crippen LogP contribution >= 0.6 is 0 Å². The van der Waals surface area contributed by atoms with Crippen LogP contribution in [-0.2, 0) is 0 Å². The molecule has 3 nitrogen and oxygen atoms in total. The average molecular weight is 316 g/mol. The summed E-state index contributed by atoms with van der Waals surface area (Å²) in [7, 11) is 0. The second-order valence-electron chi connectivity index (χ2n) is 7.08. The Balaban J connectivity index is 1.58. The van der Waals surface area contributed by atoms with Crippen LogP contribution < -0.4 is 4.90 Å². The van der Waals surface area contributed by atoms with Crippen molar-refractivity contribution in [2.45, 2.75) is 51.6 Å². The van der Waals surface area contributed by atoms with Crippen molar-refractivity contribution in [2.24, 2.45) is 0 Å². The summed E-state index contributed by atoms with van der Waals surface area (Å²) in [4.78, 5) is 8.08. The predicted octanol–water partition coefficient (Wildman–Crippen LogP) is 3.81. The number of piperidine rings is 1. The Kier molecular flexibility index (Phi) is 6.35. The van der Waals surface area contributed by atoms with Crippen molar-refractivity contribution in [1.29, 1.82) is 0 Å². The van der Waals surface area contributed by atoms with Gasteiger partial charge in [-0.05, 0) is 44.5 Å². The van der Waals surface area contributed by atoms with Crippen LogP contribution in [0.1, 0.15) is 45.4 Å². The van der Waals surface area contributed by atoms with E-state index in [-0.39, 0.29) is 0 Å². The first-order valence-corrected chi connectivity index (χ1v) is 9.66. The molecule has 0 bridgehead atoms. The molecule has 2 aliphatic heterocycles. The lowest BCUT2D eigenvalue weighted by molar-refractivity contribution is 0.0183. The third-order valence-electron chi connectivity index (χ3n) is 5.49. The van der Waals surface area contributed by atoms with E-state index in [1.54, 1.807) is 0 Å². The Hall–Kier alpha value is -1.06. The molecule has 0 N–H and O–H groups in total. The molecule has 1 atom stereocenters. The Morgan fingerprint density at radius 1 is 0.826 bits per heavy atom. The SMILES string of the molecule is CCCCC(N1CCCCC1)N1CCN(c2ccccc2)CC1. The summed E-state index contributed by atoms with van der Waals surface area (Å²) in [5.41, 5.74) is 1.38. The fourth-order valence-corrected chi connectivity index (χ4v) is 4.12. The number of nitrogens with zero attached hydrogens (tertiary/aromatic N) is 3. The molecule has 1 aromatic rings. The van der Waals surface area contributed by atoms with Gasteiger partial charge in [-0.1, -0.05) is 44.4 Å². The van der Waals surface area contributed by atoms with Gasteiger partial charge in [0.25, 0.3) is 0 Å². The van der Waals surface area contributed by atoms with Crippen molar-refractivity contribution in [3.63, 3.8) is 0 Å². The molecular weight excluding hydrogens is 282 g/mol. The van der Waals surface area contributed by atoms with E-state index in [0.29, 0.717) is 6.17 Å². The zero-order valence-corrected chi connectivity index (χ0v) is 14.8. The molecule has 0 saturated carbocycles. The smallest absolute Gasteiger partial charge is 0.0623 e. The zero-order valence-electron chi connectivity index (χ0n) is 14.8. The van der Waals surface area contributed by atoms with Crippen LogP contribution in [0.3, 0.4) is 0 Å². The maximum atomic E-state index is 2.78. The molecule has 2 aliphatic rings. The van der Waals surface area contributed by atoms with E-state index in [1.165, 1.54) is 83.5 Å². The lowest BCUT2D eigenvalue weighted by Gasteiger charge is -2.45. The summed E-state index contributed by atoms with van der Waals surface area (Å²) < 4.78 is 0. The van der Waals surface area contributed by atoms with Crippen molar-refractivity contribution < 1.29 is 0 Å². The lowest BCUT2D eigenvalue weighted by Crippen LogP contribution is -2.56.